The van der Waals surface area contributed by atoms with Crippen LogP contribution in [0.4, 0.5) is 11.4 Å². The van der Waals surface area contributed by atoms with Gasteiger partial charge < -0.3 is 11.1 Å². The van der Waals surface area contributed by atoms with E-state index in [-0.39, 0.29) is 27.7 Å². The summed E-state index contributed by atoms with van der Waals surface area (Å²) in [7, 11) is 0. The predicted molar refractivity (Wildman–Crippen MR) is 131 cm³/mol. The molecule has 0 atom stereocenters. The average Bonchev–Trinajstić information content (AvgIpc) is 3.15. The maximum atomic E-state index is 13.2. The highest BCUT2D eigenvalue weighted by Crippen LogP contribution is 2.36. The van der Waals surface area contributed by atoms with Crippen LogP contribution in [0.15, 0.2) is 54.6 Å². The first-order valence-electron chi connectivity index (χ1n) is 10.4. The molecule has 0 spiro atoms. The number of nitrogens with zero attached hydrogens (tertiary/aromatic N) is 1. The van der Waals surface area contributed by atoms with Crippen molar-refractivity contribution < 1.29 is 14.4 Å². The number of carbonyl (C=O) groups is 3. The van der Waals surface area contributed by atoms with Gasteiger partial charge in [0.1, 0.15) is 9.71 Å². The summed E-state index contributed by atoms with van der Waals surface area (Å²) in [6, 6.07) is 15.2. The average molecular weight is 476 g/mol. The second kappa shape index (κ2) is 8.42. The molecule has 33 heavy (non-hydrogen) atoms. The molecule has 6 nitrogen and oxygen atoms in total. The number of hydrogen-bond donors (Lipinski definition) is 2. The van der Waals surface area contributed by atoms with Gasteiger partial charge in [-0.25, -0.2) is 4.98 Å². The molecule has 0 radical (unpaired) electrons. The van der Waals surface area contributed by atoms with Crippen molar-refractivity contribution in [1.82, 2.24) is 4.98 Å². The quantitative estimate of drug-likeness (QED) is 0.377. The Morgan fingerprint density at radius 1 is 1.06 bits per heavy atom. The monoisotopic (exact) mass is 475 g/mol. The maximum Gasteiger partial charge on any atom is 0.267 e. The van der Waals surface area contributed by atoms with E-state index in [9.17, 15) is 14.4 Å². The highest BCUT2D eigenvalue weighted by Gasteiger charge is 2.24. The van der Waals surface area contributed by atoms with Crippen LogP contribution in [-0.2, 0) is 6.42 Å². The predicted octanol–water partition coefficient (Wildman–Crippen LogP) is 5.53. The number of halogens is 1. The molecule has 164 valence electrons. The van der Waals surface area contributed by atoms with E-state index in [1.807, 2.05) is 6.07 Å². The van der Waals surface area contributed by atoms with Crippen LogP contribution in [-0.4, -0.2) is 22.5 Å². The Balaban J connectivity index is 1.51. The molecule has 0 fully saturated rings. The topological polar surface area (TPSA) is 102 Å². The Bertz CT molecular complexity index is 1450. The molecule has 8 heteroatoms. The number of aromatic nitrogens is 1. The lowest BCUT2D eigenvalue weighted by Crippen LogP contribution is -2.15. The van der Waals surface area contributed by atoms with Crippen molar-refractivity contribution >= 4 is 62.0 Å². The van der Waals surface area contributed by atoms with E-state index in [0.29, 0.717) is 38.5 Å². The summed E-state index contributed by atoms with van der Waals surface area (Å²) >= 11 is 7.30. The van der Waals surface area contributed by atoms with E-state index < -0.39 is 5.91 Å². The van der Waals surface area contributed by atoms with Crippen LogP contribution in [0.5, 0.6) is 0 Å². The van der Waals surface area contributed by atoms with Crippen LogP contribution in [0, 0.1) is 0 Å². The van der Waals surface area contributed by atoms with Crippen molar-refractivity contribution in [2.24, 2.45) is 0 Å². The van der Waals surface area contributed by atoms with Gasteiger partial charge in [-0.15, -0.1) is 11.3 Å². The zero-order valence-electron chi connectivity index (χ0n) is 17.4. The second-order valence-electron chi connectivity index (χ2n) is 7.80. The van der Waals surface area contributed by atoms with E-state index in [0.717, 1.165) is 18.5 Å². The minimum absolute atomic E-state index is 0.0486. The van der Waals surface area contributed by atoms with Gasteiger partial charge in [0, 0.05) is 33.5 Å². The summed E-state index contributed by atoms with van der Waals surface area (Å²) in [6.07, 6.45) is 1.99. The van der Waals surface area contributed by atoms with Gasteiger partial charge in [0.05, 0.1) is 17.1 Å². The zero-order valence-corrected chi connectivity index (χ0v) is 18.9. The van der Waals surface area contributed by atoms with E-state index >= 15 is 0 Å². The Kier molecular flexibility index (Phi) is 5.44. The number of ketones is 2. The van der Waals surface area contributed by atoms with Crippen molar-refractivity contribution in [3.63, 3.8) is 0 Å². The summed E-state index contributed by atoms with van der Waals surface area (Å²) in [5.41, 5.74) is 8.99. The molecule has 5 rings (SSSR count). The third-order valence-corrected chi connectivity index (χ3v) is 6.98. The molecule has 2 aromatic carbocycles. The molecule has 0 aliphatic heterocycles. The Hall–Kier alpha value is -3.55. The highest BCUT2D eigenvalue weighted by molar-refractivity contribution is 7.21. The van der Waals surface area contributed by atoms with Crippen LogP contribution >= 0.6 is 22.9 Å². The summed E-state index contributed by atoms with van der Waals surface area (Å²) in [5, 5.41) is 3.78. The molecule has 1 aliphatic rings. The van der Waals surface area contributed by atoms with Crippen molar-refractivity contribution in [3.8, 4) is 0 Å². The van der Waals surface area contributed by atoms with Crippen molar-refractivity contribution in [2.45, 2.75) is 19.3 Å². The summed E-state index contributed by atoms with van der Waals surface area (Å²) < 4.78 is 0. The molecule has 4 aromatic rings. The molecular weight excluding hydrogens is 458 g/mol. The lowest BCUT2D eigenvalue weighted by molar-refractivity contribution is 0.0969. The first kappa shape index (κ1) is 21.3. The van der Waals surface area contributed by atoms with Gasteiger partial charge in [-0.2, -0.15) is 0 Å². The van der Waals surface area contributed by atoms with Gasteiger partial charge in [-0.1, -0.05) is 41.9 Å². The number of nitrogen functional groups attached to an aromatic ring is 1. The Labute approximate surface area is 198 Å². The number of carbonyl (C=O) groups excluding carboxylic acids is 3. The third-order valence-electron chi connectivity index (χ3n) is 5.63. The van der Waals surface area contributed by atoms with E-state index in [2.05, 4.69) is 10.3 Å². The fourth-order valence-corrected chi connectivity index (χ4v) is 5.13. The lowest BCUT2D eigenvalue weighted by atomic mass is 9.94. The minimum atomic E-state index is -0.454. The fraction of sp³-hybridized carbons (Fsp3) is 0.120. The van der Waals surface area contributed by atoms with Gasteiger partial charge >= 0.3 is 0 Å². The van der Waals surface area contributed by atoms with E-state index in [1.165, 1.54) is 17.4 Å². The van der Waals surface area contributed by atoms with Crippen molar-refractivity contribution in [3.05, 3.63) is 86.9 Å². The number of hydrogen-bond acceptors (Lipinski definition) is 6. The summed E-state index contributed by atoms with van der Waals surface area (Å²) in [4.78, 5) is 44.0. The molecule has 0 bridgehead atoms. The van der Waals surface area contributed by atoms with Gasteiger partial charge in [-0.05, 0) is 37.1 Å². The third kappa shape index (κ3) is 3.90. The molecule has 3 N–H and O–H groups in total. The number of rotatable bonds is 4. The molecule has 0 saturated carbocycles. The number of amides is 1. The number of nitrogens with one attached hydrogen (secondary N) is 1. The standard InChI is InChI=1S/C25H18ClN3O3S/c26-14-9-10-19(16(11-14)22(31)13-5-2-1-3-6-13)28-24(32)23-21(27)17-12-15-18(29-25(17)33-23)7-4-8-20(15)30/h1-3,5-6,9-12H,4,7-8,27H2,(H,28,32). The van der Waals surface area contributed by atoms with Crippen molar-refractivity contribution in [1.29, 1.82) is 0 Å². The van der Waals surface area contributed by atoms with Crippen LogP contribution < -0.4 is 11.1 Å². The largest absolute Gasteiger partial charge is 0.397 e. The van der Waals surface area contributed by atoms with Crippen LogP contribution in [0.2, 0.25) is 5.02 Å². The normalized spacial score (nSPS) is 13.1. The molecule has 0 unspecified atom stereocenters. The van der Waals surface area contributed by atoms with Crippen LogP contribution in [0.1, 0.15) is 54.5 Å². The Morgan fingerprint density at radius 3 is 2.64 bits per heavy atom. The number of fused-ring (bicyclic) bond motifs is 2. The van der Waals surface area contributed by atoms with Gasteiger partial charge in [0.15, 0.2) is 11.6 Å². The summed E-state index contributed by atoms with van der Waals surface area (Å²) in [5.74, 6) is -0.665. The van der Waals surface area contributed by atoms with Crippen LogP contribution in [0.25, 0.3) is 10.2 Å². The number of nitrogens with two attached hydrogens (primary N) is 1. The molecule has 2 heterocycles. The fourth-order valence-electron chi connectivity index (χ4n) is 3.97. The number of Topliss-reactive ketones (excluding diaryl/α,β-unsaturated/α-hetero) is 1. The first-order valence-corrected chi connectivity index (χ1v) is 11.6. The molecule has 1 aliphatic carbocycles. The number of benzene rings is 2. The smallest absolute Gasteiger partial charge is 0.267 e. The molecule has 1 amide bonds. The van der Waals surface area contributed by atoms with E-state index in [1.54, 1.807) is 42.5 Å². The molecular formula is C25H18ClN3O3S. The second-order valence-corrected chi connectivity index (χ2v) is 9.23. The van der Waals surface area contributed by atoms with Gasteiger partial charge in [0.25, 0.3) is 5.91 Å². The minimum Gasteiger partial charge on any atom is -0.397 e. The highest BCUT2D eigenvalue weighted by atomic mass is 35.5. The number of thiophene rings is 1. The van der Waals surface area contributed by atoms with Gasteiger partial charge in [-0.3, -0.25) is 14.4 Å². The molecule has 2 aromatic heterocycles. The van der Waals surface area contributed by atoms with Crippen LogP contribution in [0.3, 0.4) is 0 Å². The molecule has 0 saturated heterocycles. The number of anilines is 2. The summed E-state index contributed by atoms with van der Waals surface area (Å²) in [6.45, 7) is 0. The maximum absolute atomic E-state index is 13.2. The zero-order chi connectivity index (χ0) is 23.1. The number of aryl methyl sites for hydroxylation is 1. The van der Waals surface area contributed by atoms with Crippen molar-refractivity contribution in [2.75, 3.05) is 11.1 Å². The lowest BCUT2D eigenvalue weighted by Gasteiger charge is -2.13. The Morgan fingerprint density at radius 2 is 1.85 bits per heavy atom. The van der Waals surface area contributed by atoms with Gasteiger partial charge in [0.2, 0.25) is 0 Å². The first-order chi connectivity index (χ1) is 15.9. The SMILES string of the molecule is Nc1c(C(=O)Nc2ccc(Cl)cc2C(=O)c2ccccc2)sc2nc3c(cc12)C(=O)CCC3. The number of pyridine rings is 1. The van der Waals surface area contributed by atoms with E-state index in [4.69, 9.17) is 17.3 Å².